The minimum absolute atomic E-state index is 0.714. The van der Waals surface area contributed by atoms with Gasteiger partial charge in [-0.15, -0.1) is 21.5 Å². The Morgan fingerprint density at radius 2 is 2.04 bits per heavy atom. The second kappa shape index (κ2) is 7.65. The van der Waals surface area contributed by atoms with Crippen LogP contribution in [0.4, 0.5) is 0 Å². The molecule has 0 aliphatic rings. The monoisotopic (exact) mass is 402 g/mol. The van der Waals surface area contributed by atoms with Crippen LogP contribution in [0.2, 0.25) is 5.02 Å². The molecular formula is C18H15ClN4OS2. The van der Waals surface area contributed by atoms with Crippen molar-refractivity contribution in [3.8, 4) is 11.6 Å². The molecule has 0 atom stereocenters. The molecular weight excluding hydrogens is 388 g/mol. The number of furan rings is 1. The number of benzene rings is 1. The highest BCUT2D eigenvalue weighted by molar-refractivity contribution is 7.98. The Morgan fingerprint density at radius 3 is 2.81 bits per heavy atom. The molecule has 0 amide bonds. The molecule has 0 fully saturated rings. The number of hydrogen-bond acceptors (Lipinski definition) is 6. The lowest BCUT2D eigenvalue weighted by molar-refractivity contribution is 0.572. The van der Waals surface area contributed by atoms with Crippen molar-refractivity contribution in [1.29, 1.82) is 0 Å². The third-order valence-electron chi connectivity index (χ3n) is 3.79. The van der Waals surface area contributed by atoms with Crippen LogP contribution in [0.1, 0.15) is 16.3 Å². The van der Waals surface area contributed by atoms with Crippen LogP contribution in [0.3, 0.4) is 0 Å². The van der Waals surface area contributed by atoms with Crippen molar-refractivity contribution in [1.82, 2.24) is 19.7 Å². The smallest absolute Gasteiger partial charge is 0.200 e. The second-order valence-electron chi connectivity index (χ2n) is 5.67. The molecule has 26 heavy (non-hydrogen) atoms. The van der Waals surface area contributed by atoms with Crippen molar-refractivity contribution < 1.29 is 4.42 Å². The molecule has 0 aliphatic heterocycles. The predicted octanol–water partition coefficient (Wildman–Crippen LogP) is 5.07. The van der Waals surface area contributed by atoms with Crippen molar-refractivity contribution in [3.63, 3.8) is 0 Å². The molecule has 5 nitrogen and oxygen atoms in total. The normalized spacial score (nSPS) is 11.2. The Labute approximate surface area is 164 Å². The number of thioether (sulfide) groups is 1. The van der Waals surface area contributed by atoms with E-state index in [1.54, 1.807) is 29.4 Å². The molecule has 0 bridgehead atoms. The van der Waals surface area contributed by atoms with Crippen LogP contribution in [-0.2, 0) is 19.2 Å². The number of nitrogens with zero attached hydrogens (tertiary/aromatic N) is 4. The highest BCUT2D eigenvalue weighted by atomic mass is 35.5. The van der Waals surface area contributed by atoms with E-state index in [0.29, 0.717) is 5.76 Å². The first-order chi connectivity index (χ1) is 12.7. The van der Waals surface area contributed by atoms with Gasteiger partial charge in [0.1, 0.15) is 0 Å². The molecule has 3 aromatic heterocycles. The molecule has 4 aromatic rings. The van der Waals surface area contributed by atoms with Crippen LogP contribution in [0.15, 0.2) is 57.6 Å². The predicted molar refractivity (Wildman–Crippen MR) is 105 cm³/mol. The first kappa shape index (κ1) is 17.3. The van der Waals surface area contributed by atoms with Crippen LogP contribution in [0.5, 0.6) is 0 Å². The number of aromatic nitrogens is 4. The fourth-order valence-corrected chi connectivity index (χ4v) is 4.34. The lowest BCUT2D eigenvalue weighted by atomic mass is 10.2. The summed E-state index contributed by atoms with van der Waals surface area (Å²) in [5.74, 6) is 2.19. The van der Waals surface area contributed by atoms with E-state index in [0.717, 1.165) is 38.9 Å². The van der Waals surface area contributed by atoms with Crippen LogP contribution in [0.25, 0.3) is 11.6 Å². The Balaban J connectivity index is 1.40. The summed E-state index contributed by atoms with van der Waals surface area (Å²) in [6, 6.07) is 11.6. The maximum Gasteiger partial charge on any atom is 0.200 e. The summed E-state index contributed by atoms with van der Waals surface area (Å²) < 4.78 is 7.33. The van der Waals surface area contributed by atoms with E-state index in [2.05, 4.69) is 15.6 Å². The van der Waals surface area contributed by atoms with Crippen LogP contribution in [0, 0.1) is 0 Å². The zero-order valence-corrected chi connectivity index (χ0v) is 16.3. The van der Waals surface area contributed by atoms with Crippen molar-refractivity contribution in [3.05, 3.63) is 69.3 Å². The van der Waals surface area contributed by atoms with E-state index in [9.17, 15) is 0 Å². The van der Waals surface area contributed by atoms with Crippen molar-refractivity contribution in [2.75, 3.05) is 0 Å². The first-order valence-electron chi connectivity index (χ1n) is 7.93. The number of hydrogen-bond donors (Lipinski definition) is 0. The molecule has 0 saturated carbocycles. The van der Waals surface area contributed by atoms with Crippen molar-refractivity contribution in [2.45, 2.75) is 17.3 Å². The molecule has 0 N–H and O–H groups in total. The van der Waals surface area contributed by atoms with Gasteiger partial charge in [-0.25, -0.2) is 4.98 Å². The molecule has 0 unspecified atom stereocenters. The van der Waals surface area contributed by atoms with E-state index in [1.165, 1.54) is 5.56 Å². The van der Waals surface area contributed by atoms with Gasteiger partial charge in [0, 0.05) is 29.6 Å². The number of thiazole rings is 1. The minimum Gasteiger partial charge on any atom is -0.461 e. The van der Waals surface area contributed by atoms with Gasteiger partial charge in [-0.05, 0) is 29.8 Å². The minimum atomic E-state index is 0.714. The summed E-state index contributed by atoms with van der Waals surface area (Å²) in [6.45, 7) is 0. The molecule has 132 valence electrons. The van der Waals surface area contributed by atoms with Crippen molar-refractivity contribution >= 4 is 34.7 Å². The molecule has 0 spiro atoms. The molecule has 0 radical (unpaired) electrons. The lowest BCUT2D eigenvalue weighted by Gasteiger charge is -2.01. The first-order valence-corrected chi connectivity index (χ1v) is 10.2. The maximum atomic E-state index is 5.93. The summed E-state index contributed by atoms with van der Waals surface area (Å²) in [4.78, 5) is 4.72. The van der Waals surface area contributed by atoms with Gasteiger partial charge < -0.3 is 8.98 Å². The highest BCUT2D eigenvalue weighted by Crippen LogP contribution is 2.26. The van der Waals surface area contributed by atoms with Gasteiger partial charge in [-0.3, -0.25) is 0 Å². The Kier molecular flexibility index (Phi) is 5.10. The van der Waals surface area contributed by atoms with Gasteiger partial charge in [0.25, 0.3) is 0 Å². The fourth-order valence-electron chi connectivity index (χ4n) is 2.47. The molecule has 4 rings (SSSR count). The van der Waals surface area contributed by atoms with Crippen molar-refractivity contribution in [2.24, 2.45) is 7.05 Å². The molecule has 8 heteroatoms. The topological polar surface area (TPSA) is 56.7 Å². The van der Waals surface area contributed by atoms with E-state index < -0.39 is 0 Å². The molecule has 0 saturated heterocycles. The Bertz CT molecular complexity index is 993. The third kappa shape index (κ3) is 3.85. The summed E-state index contributed by atoms with van der Waals surface area (Å²) in [7, 11) is 1.94. The summed E-state index contributed by atoms with van der Waals surface area (Å²) in [6.07, 6.45) is 2.45. The molecule has 0 aliphatic carbocycles. The van der Waals surface area contributed by atoms with Gasteiger partial charge in [0.15, 0.2) is 16.7 Å². The highest BCUT2D eigenvalue weighted by Gasteiger charge is 2.14. The van der Waals surface area contributed by atoms with E-state index in [1.807, 2.05) is 48.0 Å². The van der Waals surface area contributed by atoms with Crippen LogP contribution in [-0.4, -0.2) is 19.7 Å². The Morgan fingerprint density at radius 1 is 1.19 bits per heavy atom. The largest absolute Gasteiger partial charge is 0.461 e. The van der Waals surface area contributed by atoms with Crippen LogP contribution < -0.4 is 0 Å². The fraction of sp³-hybridized carbons (Fsp3) is 0.167. The van der Waals surface area contributed by atoms with Gasteiger partial charge >= 0.3 is 0 Å². The summed E-state index contributed by atoms with van der Waals surface area (Å²) in [5, 5.41) is 13.2. The Hall–Kier alpha value is -2.09. The zero-order chi connectivity index (χ0) is 17.9. The molecule has 1 aromatic carbocycles. The van der Waals surface area contributed by atoms with E-state index >= 15 is 0 Å². The average Bonchev–Trinajstić information content (AvgIpc) is 3.37. The molecule has 3 heterocycles. The third-order valence-corrected chi connectivity index (χ3v) is 6.00. The van der Waals surface area contributed by atoms with E-state index in [-0.39, 0.29) is 0 Å². The van der Waals surface area contributed by atoms with Gasteiger partial charge in [-0.1, -0.05) is 35.5 Å². The van der Waals surface area contributed by atoms with Crippen LogP contribution >= 0.6 is 34.7 Å². The standard InChI is InChI=1S/C18H15ClN4OS2/c1-23-17(15-3-2-8-24-15)21-22-18(23)26-11-14-10-25-16(20-14)9-12-4-6-13(19)7-5-12/h2-8,10H,9,11H2,1H3. The number of halogens is 1. The quantitative estimate of drug-likeness (QED) is 0.421. The summed E-state index contributed by atoms with van der Waals surface area (Å²) >= 11 is 9.22. The van der Waals surface area contributed by atoms with Gasteiger partial charge in [-0.2, -0.15) is 0 Å². The van der Waals surface area contributed by atoms with Gasteiger partial charge in [0.2, 0.25) is 0 Å². The van der Waals surface area contributed by atoms with E-state index in [4.69, 9.17) is 21.0 Å². The average molecular weight is 403 g/mol. The van der Waals surface area contributed by atoms with Gasteiger partial charge in [0.05, 0.1) is 17.0 Å². The lowest BCUT2D eigenvalue weighted by Crippen LogP contribution is -1.94. The zero-order valence-electron chi connectivity index (χ0n) is 13.9. The number of rotatable bonds is 6. The summed E-state index contributed by atoms with van der Waals surface area (Å²) in [5.41, 5.74) is 2.26. The SMILES string of the molecule is Cn1c(SCc2csc(Cc3ccc(Cl)cc3)n2)nnc1-c1ccco1. The maximum absolute atomic E-state index is 5.93. The second-order valence-corrected chi connectivity index (χ2v) is 7.99.